The Morgan fingerprint density at radius 1 is 1.18 bits per heavy atom. The third-order valence-corrected chi connectivity index (χ3v) is 3.60. The van der Waals surface area contributed by atoms with Crippen LogP contribution in [0.1, 0.15) is 36.8 Å². The van der Waals surface area contributed by atoms with Crippen molar-refractivity contribution in [3.63, 3.8) is 0 Å². The summed E-state index contributed by atoms with van der Waals surface area (Å²) < 4.78 is 11.0. The minimum Gasteiger partial charge on any atom is -0.385 e. The molecule has 2 atom stereocenters. The van der Waals surface area contributed by atoms with Gasteiger partial charge in [0.05, 0.1) is 6.10 Å². The Bertz CT molecular complexity index is 349. The fourth-order valence-corrected chi connectivity index (χ4v) is 2.54. The zero-order valence-corrected chi connectivity index (χ0v) is 10.8. The quantitative estimate of drug-likeness (QED) is 0.704. The van der Waals surface area contributed by atoms with Crippen LogP contribution in [0.2, 0.25) is 0 Å². The zero-order valence-electron chi connectivity index (χ0n) is 10.8. The van der Waals surface area contributed by atoms with E-state index in [-0.39, 0.29) is 0 Å². The van der Waals surface area contributed by atoms with Crippen molar-refractivity contribution in [3.05, 3.63) is 35.4 Å². The van der Waals surface area contributed by atoms with Gasteiger partial charge in [-0.3, -0.25) is 0 Å². The van der Waals surface area contributed by atoms with Gasteiger partial charge in [-0.1, -0.05) is 31.2 Å². The first kappa shape index (κ1) is 12.6. The van der Waals surface area contributed by atoms with Gasteiger partial charge in [0.1, 0.15) is 0 Å². The maximum atomic E-state index is 5.99. The molecule has 0 bridgehead atoms. The van der Waals surface area contributed by atoms with Crippen LogP contribution >= 0.6 is 0 Å². The van der Waals surface area contributed by atoms with Gasteiger partial charge in [0.15, 0.2) is 0 Å². The van der Waals surface area contributed by atoms with Crippen molar-refractivity contribution in [1.82, 2.24) is 0 Å². The predicted octanol–water partition coefficient (Wildman–Crippen LogP) is 3.16. The normalized spacial score (nSPS) is 22.7. The van der Waals surface area contributed by atoms with Crippen molar-refractivity contribution in [2.24, 2.45) is 0 Å². The van der Waals surface area contributed by atoms with Crippen molar-refractivity contribution < 1.29 is 9.47 Å². The lowest BCUT2D eigenvalue weighted by molar-refractivity contribution is 0.0406. The van der Waals surface area contributed by atoms with E-state index in [9.17, 15) is 0 Å². The molecule has 0 aromatic heterocycles. The summed E-state index contributed by atoms with van der Waals surface area (Å²) in [5.41, 5.74) is 2.93. The highest BCUT2D eigenvalue weighted by atomic mass is 16.5. The van der Waals surface area contributed by atoms with Crippen molar-refractivity contribution in [1.29, 1.82) is 0 Å². The van der Waals surface area contributed by atoms with Crippen LogP contribution < -0.4 is 0 Å². The Hall–Kier alpha value is -0.860. The number of fused-ring (bicyclic) bond motifs is 1. The predicted molar refractivity (Wildman–Crippen MR) is 69.4 cm³/mol. The smallest absolute Gasteiger partial charge is 0.0681 e. The number of hydrogen-bond acceptors (Lipinski definition) is 2. The zero-order chi connectivity index (χ0) is 12.1. The Balaban J connectivity index is 1.78. The SMILES string of the molecule is COCCCCO[C@@H]1Cc2ccccc2[C@@H]1C. The topological polar surface area (TPSA) is 18.5 Å². The molecule has 0 fully saturated rings. The van der Waals surface area contributed by atoms with E-state index in [2.05, 4.69) is 31.2 Å². The van der Waals surface area contributed by atoms with Crippen LogP contribution in [-0.4, -0.2) is 26.4 Å². The second-order valence-corrected chi connectivity index (χ2v) is 4.80. The lowest BCUT2D eigenvalue weighted by atomic mass is 10.0. The maximum absolute atomic E-state index is 5.99. The molecule has 94 valence electrons. The molecule has 0 saturated heterocycles. The van der Waals surface area contributed by atoms with Crippen molar-refractivity contribution in [2.45, 2.75) is 38.2 Å². The van der Waals surface area contributed by atoms with Gasteiger partial charge in [0, 0.05) is 26.2 Å². The molecule has 0 unspecified atom stereocenters. The molecule has 1 aromatic carbocycles. The van der Waals surface area contributed by atoms with Crippen molar-refractivity contribution >= 4 is 0 Å². The molecule has 0 aliphatic heterocycles. The number of ether oxygens (including phenoxy) is 2. The molecule has 0 spiro atoms. The molecule has 0 saturated carbocycles. The highest BCUT2D eigenvalue weighted by molar-refractivity contribution is 5.36. The summed E-state index contributed by atoms with van der Waals surface area (Å²) in [6.45, 7) is 3.96. The molecule has 1 aliphatic rings. The summed E-state index contributed by atoms with van der Waals surface area (Å²) in [7, 11) is 1.75. The molecule has 1 aromatic rings. The summed E-state index contributed by atoms with van der Waals surface area (Å²) >= 11 is 0. The highest BCUT2D eigenvalue weighted by Crippen LogP contribution is 2.34. The number of methoxy groups -OCH3 is 1. The first-order chi connectivity index (χ1) is 8.33. The largest absolute Gasteiger partial charge is 0.385 e. The van der Waals surface area contributed by atoms with Crippen molar-refractivity contribution in [3.8, 4) is 0 Å². The number of benzene rings is 1. The Morgan fingerprint density at radius 3 is 2.71 bits per heavy atom. The second-order valence-electron chi connectivity index (χ2n) is 4.80. The van der Waals surface area contributed by atoms with E-state index in [1.807, 2.05) is 0 Å². The molecular weight excluding hydrogens is 212 g/mol. The van der Waals surface area contributed by atoms with E-state index in [1.165, 1.54) is 11.1 Å². The van der Waals surface area contributed by atoms with Gasteiger partial charge in [-0.05, 0) is 30.4 Å². The summed E-state index contributed by atoms with van der Waals surface area (Å²) in [5, 5.41) is 0. The minimum atomic E-state index is 0.370. The van der Waals surface area contributed by atoms with Crippen molar-refractivity contribution in [2.75, 3.05) is 20.3 Å². The average Bonchev–Trinajstić information content (AvgIpc) is 2.67. The van der Waals surface area contributed by atoms with Crippen LogP contribution in [-0.2, 0) is 15.9 Å². The standard InChI is InChI=1S/C15H22O2/c1-12-14-8-4-3-7-13(14)11-15(12)17-10-6-5-9-16-2/h3-4,7-8,12,15H,5-6,9-11H2,1-2H3/t12-,15+/m0/s1. The molecule has 2 heteroatoms. The van der Waals surface area contributed by atoms with Gasteiger partial charge < -0.3 is 9.47 Å². The van der Waals surface area contributed by atoms with E-state index in [0.29, 0.717) is 12.0 Å². The molecule has 17 heavy (non-hydrogen) atoms. The van der Waals surface area contributed by atoms with Crippen LogP contribution in [0.4, 0.5) is 0 Å². The van der Waals surface area contributed by atoms with Crippen LogP contribution in [0, 0.1) is 0 Å². The Kier molecular flexibility index (Phi) is 4.57. The van der Waals surface area contributed by atoms with E-state index in [0.717, 1.165) is 32.5 Å². The maximum Gasteiger partial charge on any atom is 0.0681 e. The number of unbranched alkanes of at least 4 members (excludes halogenated alkanes) is 1. The monoisotopic (exact) mass is 234 g/mol. The molecule has 2 rings (SSSR count). The fraction of sp³-hybridized carbons (Fsp3) is 0.600. The lowest BCUT2D eigenvalue weighted by Gasteiger charge is -2.17. The molecule has 2 nitrogen and oxygen atoms in total. The minimum absolute atomic E-state index is 0.370. The molecule has 0 N–H and O–H groups in total. The van der Waals surface area contributed by atoms with E-state index >= 15 is 0 Å². The highest BCUT2D eigenvalue weighted by Gasteiger charge is 2.28. The number of rotatable bonds is 6. The van der Waals surface area contributed by atoms with Gasteiger partial charge in [0.25, 0.3) is 0 Å². The molecule has 0 amide bonds. The van der Waals surface area contributed by atoms with Crippen LogP contribution in [0.5, 0.6) is 0 Å². The van der Waals surface area contributed by atoms with Gasteiger partial charge in [0.2, 0.25) is 0 Å². The van der Waals surface area contributed by atoms with E-state index in [1.54, 1.807) is 7.11 Å². The first-order valence-electron chi connectivity index (χ1n) is 6.51. The first-order valence-corrected chi connectivity index (χ1v) is 6.51. The molecular formula is C15H22O2. The molecule has 1 aliphatic carbocycles. The van der Waals surface area contributed by atoms with Crippen LogP contribution in [0.25, 0.3) is 0 Å². The average molecular weight is 234 g/mol. The van der Waals surface area contributed by atoms with E-state index < -0.39 is 0 Å². The van der Waals surface area contributed by atoms with Gasteiger partial charge in [-0.25, -0.2) is 0 Å². The number of hydrogen-bond donors (Lipinski definition) is 0. The third kappa shape index (κ3) is 3.08. The second kappa shape index (κ2) is 6.18. The van der Waals surface area contributed by atoms with Gasteiger partial charge >= 0.3 is 0 Å². The lowest BCUT2D eigenvalue weighted by Crippen LogP contribution is -2.17. The van der Waals surface area contributed by atoms with Gasteiger partial charge in [-0.2, -0.15) is 0 Å². The summed E-state index contributed by atoms with van der Waals surface area (Å²) in [6, 6.07) is 8.69. The van der Waals surface area contributed by atoms with Gasteiger partial charge in [-0.15, -0.1) is 0 Å². The Morgan fingerprint density at radius 2 is 1.94 bits per heavy atom. The summed E-state index contributed by atoms with van der Waals surface area (Å²) in [5.74, 6) is 0.536. The Labute approximate surface area is 104 Å². The summed E-state index contributed by atoms with van der Waals surface area (Å²) in [4.78, 5) is 0. The molecule has 0 heterocycles. The van der Waals surface area contributed by atoms with Crippen LogP contribution in [0.15, 0.2) is 24.3 Å². The fourth-order valence-electron chi connectivity index (χ4n) is 2.54. The van der Waals surface area contributed by atoms with Crippen LogP contribution in [0.3, 0.4) is 0 Å². The third-order valence-electron chi connectivity index (χ3n) is 3.60. The summed E-state index contributed by atoms with van der Waals surface area (Å²) in [6.07, 6.45) is 3.62. The molecule has 0 radical (unpaired) electrons. The van der Waals surface area contributed by atoms with E-state index in [4.69, 9.17) is 9.47 Å².